The van der Waals surface area contributed by atoms with Crippen LogP contribution in [0.25, 0.3) is 10.8 Å². The van der Waals surface area contributed by atoms with Gasteiger partial charge < -0.3 is 5.11 Å². The van der Waals surface area contributed by atoms with E-state index in [-0.39, 0.29) is 0 Å². The van der Waals surface area contributed by atoms with Gasteiger partial charge in [0, 0.05) is 18.3 Å². The second-order valence-corrected chi connectivity index (χ2v) is 5.76. The molecule has 0 saturated heterocycles. The lowest BCUT2D eigenvalue weighted by Crippen LogP contribution is -2.09. The maximum Gasteiger partial charge on any atom is 0.124 e. The number of aromatic hydroxyl groups is 1. The molecule has 2 aromatic carbocycles. The standard InChI is InChI=1S/C18H21NO/c20-18-11-16-9-5-4-8-15(16)10-17(18)13-19-12-14-6-2-1-3-7-14/h4-5,8-11,13-14,20H,1-3,6-7,12H2. The molecule has 1 fully saturated rings. The van der Waals surface area contributed by atoms with Crippen LogP contribution in [0.2, 0.25) is 0 Å². The molecule has 0 atom stereocenters. The highest BCUT2D eigenvalue weighted by Crippen LogP contribution is 2.25. The van der Waals surface area contributed by atoms with Crippen LogP contribution in [0.5, 0.6) is 5.75 Å². The summed E-state index contributed by atoms with van der Waals surface area (Å²) < 4.78 is 0. The van der Waals surface area contributed by atoms with E-state index in [0.29, 0.717) is 5.75 Å². The summed E-state index contributed by atoms with van der Waals surface area (Å²) >= 11 is 0. The monoisotopic (exact) mass is 267 g/mol. The summed E-state index contributed by atoms with van der Waals surface area (Å²) in [5.74, 6) is 1.05. The van der Waals surface area contributed by atoms with Crippen molar-refractivity contribution in [2.45, 2.75) is 32.1 Å². The Kier molecular flexibility index (Phi) is 4.00. The van der Waals surface area contributed by atoms with Crippen molar-refractivity contribution in [3.63, 3.8) is 0 Å². The van der Waals surface area contributed by atoms with Crippen LogP contribution in [-0.4, -0.2) is 17.9 Å². The van der Waals surface area contributed by atoms with E-state index >= 15 is 0 Å². The molecule has 1 aliphatic rings. The van der Waals surface area contributed by atoms with Crippen LogP contribution in [0.1, 0.15) is 37.7 Å². The van der Waals surface area contributed by atoms with Crippen LogP contribution in [0, 0.1) is 5.92 Å². The Morgan fingerprint density at radius 3 is 2.50 bits per heavy atom. The fourth-order valence-corrected chi connectivity index (χ4v) is 3.02. The van der Waals surface area contributed by atoms with Gasteiger partial charge in [-0.05, 0) is 41.7 Å². The largest absolute Gasteiger partial charge is 0.507 e. The molecule has 2 aromatic rings. The van der Waals surface area contributed by atoms with E-state index in [1.165, 1.54) is 32.1 Å². The number of aliphatic imine (C=N–C) groups is 1. The first kappa shape index (κ1) is 13.2. The second-order valence-electron chi connectivity index (χ2n) is 5.76. The maximum absolute atomic E-state index is 10.1. The molecule has 2 heteroatoms. The fourth-order valence-electron chi connectivity index (χ4n) is 3.02. The van der Waals surface area contributed by atoms with Gasteiger partial charge in [-0.15, -0.1) is 0 Å². The van der Waals surface area contributed by atoms with Gasteiger partial charge in [0.25, 0.3) is 0 Å². The molecule has 1 N–H and O–H groups in total. The summed E-state index contributed by atoms with van der Waals surface area (Å²) in [4.78, 5) is 4.55. The van der Waals surface area contributed by atoms with Crippen LogP contribution >= 0.6 is 0 Å². The third-order valence-corrected chi connectivity index (χ3v) is 4.21. The summed E-state index contributed by atoms with van der Waals surface area (Å²) in [6.07, 6.45) is 8.52. The zero-order chi connectivity index (χ0) is 13.8. The molecule has 1 saturated carbocycles. The number of hydrogen-bond donors (Lipinski definition) is 1. The summed E-state index contributed by atoms with van der Waals surface area (Å²) in [6, 6.07) is 11.9. The van der Waals surface area contributed by atoms with Crippen molar-refractivity contribution in [3.8, 4) is 5.75 Å². The van der Waals surface area contributed by atoms with Crippen LogP contribution < -0.4 is 0 Å². The first-order chi connectivity index (χ1) is 9.83. The summed E-state index contributed by atoms with van der Waals surface area (Å²) in [5.41, 5.74) is 0.819. The first-order valence-electron chi connectivity index (χ1n) is 7.54. The Morgan fingerprint density at radius 2 is 1.75 bits per heavy atom. The molecule has 0 aromatic heterocycles. The highest BCUT2D eigenvalue weighted by atomic mass is 16.3. The van der Waals surface area contributed by atoms with Crippen LogP contribution in [0.3, 0.4) is 0 Å². The Balaban J connectivity index is 1.74. The maximum atomic E-state index is 10.1. The first-order valence-corrected chi connectivity index (χ1v) is 7.54. The van der Waals surface area contributed by atoms with Crippen molar-refractivity contribution in [2.24, 2.45) is 10.9 Å². The molecule has 0 unspecified atom stereocenters. The van der Waals surface area contributed by atoms with Crippen molar-refractivity contribution in [3.05, 3.63) is 42.0 Å². The van der Waals surface area contributed by atoms with Crippen molar-refractivity contribution in [1.82, 2.24) is 0 Å². The minimum atomic E-state index is 0.316. The Bertz CT molecular complexity index is 612. The molecule has 0 spiro atoms. The number of fused-ring (bicyclic) bond motifs is 1. The zero-order valence-electron chi connectivity index (χ0n) is 11.8. The lowest BCUT2D eigenvalue weighted by atomic mass is 9.89. The number of phenols is 1. The predicted octanol–water partition coefficient (Wildman–Crippen LogP) is 4.54. The lowest BCUT2D eigenvalue weighted by Gasteiger charge is -2.19. The topological polar surface area (TPSA) is 32.6 Å². The molecule has 104 valence electrons. The highest BCUT2D eigenvalue weighted by Gasteiger charge is 2.12. The van der Waals surface area contributed by atoms with Gasteiger partial charge in [-0.2, -0.15) is 0 Å². The van der Waals surface area contributed by atoms with Gasteiger partial charge in [0.1, 0.15) is 5.75 Å². The van der Waals surface area contributed by atoms with Crippen molar-refractivity contribution < 1.29 is 5.11 Å². The van der Waals surface area contributed by atoms with Crippen LogP contribution in [0.15, 0.2) is 41.4 Å². The van der Waals surface area contributed by atoms with Gasteiger partial charge in [-0.25, -0.2) is 0 Å². The van der Waals surface area contributed by atoms with Gasteiger partial charge in [0.2, 0.25) is 0 Å². The molecule has 2 nitrogen and oxygen atoms in total. The Labute approximate surface area is 120 Å². The van der Waals surface area contributed by atoms with Crippen molar-refractivity contribution in [2.75, 3.05) is 6.54 Å². The molecule has 0 heterocycles. The van der Waals surface area contributed by atoms with Gasteiger partial charge in [0.05, 0.1) is 0 Å². The third kappa shape index (κ3) is 3.01. The zero-order valence-corrected chi connectivity index (χ0v) is 11.8. The molecule has 0 amide bonds. The quantitative estimate of drug-likeness (QED) is 0.813. The summed E-state index contributed by atoms with van der Waals surface area (Å²) in [6.45, 7) is 0.895. The van der Waals surface area contributed by atoms with E-state index in [2.05, 4.69) is 11.1 Å². The van der Waals surface area contributed by atoms with E-state index < -0.39 is 0 Å². The molecule has 0 aliphatic heterocycles. The van der Waals surface area contributed by atoms with E-state index in [1.807, 2.05) is 36.5 Å². The van der Waals surface area contributed by atoms with Gasteiger partial charge in [-0.3, -0.25) is 4.99 Å². The Hall–Kier alpha value is -1.83. The molecule has 3 rings (SSSR count). The number of phenolic OH excluding ortho intramolecular Hbond substituents is 1. The Morgan fingerprint density at radius 1 is 1.05 bits per heavy atom. The van der Waals surface area contributed by atoms with E-state index in [4.69, 9.17) is 0 Å². The molecule has 1 aliphatic carbocycles. The normalized spacial score (nSPS) is 17.0. The van der Waals surface area contributed by atoms with Gasteiger partial charge >= 0.3 is 0 Å². The predicted molar refractivity (Wildman–Crippen MR) is 84.6 cm³/mol. The second kappa shape index (κ2) is 6.08. The molecular weight excluding hydrogens is 246 g/mol. The van der Waals surface area contributed by atoms with Crippen molar-refractivity contribution in [1.29, 1.82) is 0 Å². The molecular formula is C18H21NO. The number of nitrogens with zero attached hydrogens (tertiary/aromatic N) is 1. The third-order valence-electron chi connectivity index (χ3n) is 4.21. The molecule has 20 heavy (non-hydrogen) atoms. The number of rotatable bonds is 3. The van der Waals surface area contributed by atoms with E-state index in [0.717, 1.165) is 28.8 Å². The molecule has 0 bridgehead atoms. The minimum Gasteiger partial charge on any atom is -0.507 e. The average Bonchev–Trinajstić information content (AvgIpc) is 2.49. The average molecular weight is 267 g/mol. The number of hydrogen-bond acceptors (Lipinski definition) is 2. The summed E-state index contributed by atoms with van der Waals surface area (Å²) in [7, 11) is 0. The van der Waals surface area contributed by atoms with E-state index in [9.17, 15) is 5.11 Å². The highest BCUT2D eigenvalue weighted by molar-refractivity contribution is 5.93. The fraction of sp³-hybridized carbons (Fsp3) is 0.389. The smallest absolute Gasteiger partial charge is 0.124 e. The number of benzene rings is 2. The van der Waals surface area contributed by atoms with Gasteiger partial charge in [-0.1, -0.05) is 43.5 Å². The summed E-state index contributed by atoms with van der Waals surface area (Å²) in [5, 5.41) is 12.3. The minimum absolute atomic E-state index is 0.316. The SMILES string of the molecule is Oc1cc2ccccc2cc1C=NCC1CCCCC1. The van der Waals surface area contributed by atoms with Crippen molar-refractivity contribution >= 4 is 17.0 Å². The molecule has 0 radical (unpaired) electrons. The van der Waals surface area contributed by atoms with Crippen LogP contribution in [0.4, 0.5) is 0 Å². The van der Waals surface area contributed by atoms with Crippen LogP contribution in [-0.2, 0) is 0 Å². The van der Waals surface area contributed by atoms with Gasteiger partial charge in [0.15, 0.2) is 0 Å². The van der Waals surface area contributed by atoms with E-state index in [1.54, 1.807) is 0 Å². The lowest BCUT2D eigenvalue weighted by molar-refractivity contribution is 0.367.